The van der Waals surface area contributed by atoms with Gasteiger partial charge in [0.05, 0.1) is 4.92 Å². The summed E-state index contributed by atoms with van der Waals surface area (Å²) in [6, 6.07) is 11.2. The van der Waals surface area contributed by atoms with Crippen LogP contribution in [0.3, 0.4) is 0 Å². The van der Waals surface area contributed by atoms with Crippen molar-refractivity contribution in [3.63, 3.8) is 0 Å². The number of anilines is 1. The van der Waals surface area contributed by atoms with Gasteiger partial charge in [-0.15, -0.1) is 0 Å². The molecule has 0 spiro atoms. The normalized spacial score (nSPS) is 10.0. The Hall–Kier alpha value is -1.78. The predicted octanol–water partition coefficient (Wildman–Crippen LogP) is 3.98. The summed E-state index contributed by atoms with van der Waals surface area (Å²) in [7, 11) is 0. The number of rotatable bonds is 3. The second kappa shape index (κ2) is 7.66. The zero-order chi connectivity index (χ0) is 17.0. The molecule has 2 aromatic rings. The number of nitrogens with zero attached hydrogens (tertiary/aromatic N) is 1. The smallest absolute Gasteiger partial charge is 0.288 e. The van der Waals surface area contributed by atoms with Crippen molar-refractivity contribution in [2.75, 3.05) is 5.32 Å². The molecule has 0 unspecified atom stereocenters. The van der Waals surface area contributed by atoms with Crippen molar-refractivity contribution in [1.29, 1.82) is 0 Å². The maximum atomic E-state index is 12.1. The number of carbonyl (C=O) groups is 1. The van der Waals surface area contributed by atoms with E-state index in [1.807, 2.05) is 24.3 Å². The number of nitro groups is 1. The van der Waals surface area contributed by atoms with E-state index in [-0.39, 0.29) is 21.4 Å². The van der Waals surface area contributed by atoms with Crippen LogP contribution in [0.5, 0.6) is 0 Å². The SMILES string of the molecule is O=C(NC(=S)Nc1ccc(I)cc1)c1ccc(Cl)c([N+](=O)[O-])c1. The van der Waals surface area contributed by atoms with E-state index in [0.29, 0.717) is 0 Å². The molecule has 0 atom stereocenters. The zero-order valence-corrected chi connectivity index (χ0v) is 15.1. The molecule has 2 aromatic carbocycles. The number of benzene rings is 2. The van der Waals surface area contributed by atoms with Crippen LogP contribution >= 0.6 is 46.4 Å². The summed E-state index contributed by atoms with van der Waals surface area (Å²) in [5.74, 6) is -0.562. The topological polar surface area (TPSA) is 84.3 Å². The van der Waals surface area contributed by atoms with Crippen LogP contribution < -0.4 is 10.6 Å². The van der Waals surface area contributed by atoms with Gasteiger partial charge in [0.25, 0.3) is 11.6 Å². The van der Waals surface area contributed by atoms with Gasteiger partial charge in [-0.25, -0.2) is 0 Å². The zero-order valence-electron chi connectivity index (χ0n) is 11.4. The van der Waals surface area contributed by atoms with Crippen molar-refractivity contribution in [2.45, 2.75) is 0 Å². The molecular formula is C14H9ClIN3O3S. The number of nitro benzene ring substituents is 1. The average Bonchev–Trinajstić information content (AvgIpc) is 2.49. The molecule has 0 aliphatic rings. The second-order valence-corrected chi connectivity index (χ2v) is 6.40. The van der Waals surface area contributed by atoms with E-state index < -0.39 is 10.8 Å². The van der Waals surface area contributed by atoms with E-state index in [4.69, 9.17) is 23.8 Å². The highest BCUT2D eigenvalue weighted by molar-refractivity contribution is 14.1. The number of carbonyl (C=O) groups excluding carboxylic acids is 1. The van der Waals surface area contributed by atoms with Gasteiger partial charge in [-0.1, -0.05) is 11.6 Å². The average molecular weight is 462 g/mol. The van der Waals surface area contributed by atoms with Crippen LogP contribution in [0.1, 0.15) is 10.4 Å². The van der Waals surface area contributed by atoms with Gasteiger partial charge in [0.1, 0.15) is 5.02 Å². The minimum Gasteiger partial charge on any atom is -0.332 e. The third-order valence-electron chi connectivity index (χ3n) is 2.73. The van der Waals surface area contributed by atoms with Crippen LogP contribution in [0.2, 0.25) is 5.02 Å². The first-order valence-electron chi connectivity index (χ1n) is 6.18. The molecule has 0 fully saturated rings. The first kappa shape index (κ1) is 17.6. The first-order chi connectivity index (χ1) is 10.9. The van der Waals surface area contributed by atoms with Crippen molar-refractivity contribution in [1.82, 2.24) is 5.32 Å². The van der Waals surface area contributed by atoms with Crippen LogP contribution in [0.4, 0.5) is 11.4 Å². The summed E-state index contributed by atoms with van der Waals surface area (Å²) in [5, 5.41) is 16.2. The number of thiocarbonyl (C=S) groups is 1. The molecule has 23 heavy (non-hydrogen) atoms. The third-order valence-corrected chi connectivity index (χ3v) is 3.98. The molecule has 0 radical (unpaired) electrons. The van der Waals surface area contributed by atoms with Gasteiger partial charge < -0.3 is 5.32 Å². The minimum absolute atomic E-state index is 0.0360. The fraction of sp³-hybridized carbons (Fsp3) is 0. The highest BCUT2D eigenvalue weighted by atomic mass is 127. The summed E-state index contributed by atoms with van der Waals surface area (Å²) in [6.45, 7) is 0. The maximum Gasteiger partial charge on any atom is 0.288 e. The van der Waals surface area contributed by atoms with Gasteiger partial charge in [-0.05, 0) is 71.2 Å². The van der Waals surface area contributed by atoms with Crippen LogP contribution in [0, 0.1) is 13.7 Å². The highest BCUT2D eigenvalue weighted by Crippen LogP contribution is 2.25. The summed E-state index contributed by atoms with van der Waals surface area (Å²) in [4.78, 5) is 22.3. The van der Waals surface area contributed by atoms with E-state index >= 15 is 0 Å². The molecule has 0 saturated carbocycles. The van der Waals surface area contributed by atoms with E-state index in [9.17, 15) is 14.9 Å². The quantitative estimate of drug-likeness (QED) is 0.313. The van der Waals surface area contributed by atoms with Gasteiger partial charge in [-0.2, -0.15) is 0 Å². The maximum absolute atomic E-state index is 12.1. The minimum atomic E-state index is -0.652. The van der Waals surface area contributed by atoms with E-state index in [1.165, 1.54) is 12.1 Å². The number of amides is 1. The van der Waals surface area contributed by atoms with Gasteiger partial charge in [-0.3, -0.25) is 20.2 Å². The highest BCUT2D eigenvalue weighted by Gasteiger charge is 2.16. The van der Waals surface area contributed by atoms with Gasteiger partial charge in [0.2, 0.25) is 0 Å². The lowest BCUT2D eigenvalue weighted by molar-refractivity contribution is -0.384. The van der Waals surface area contributed by atoms with Crippen LogP contribution in [-0.2, 0) is 0 Å². The number of halogens is 2. The predicted molar refractivity (Wildman–Crippen MR) is 101 cm³/mol. The molecule has 0 heterocycles. The van der Waals surface area contributed by atoms with Gasteiger partial charge in [0, 0.05) is 20.9 Å². The summed E-state index contributed by atoms with van der Waals surface area (Å²) >= 11 is 12.9. The second-order valence-electron chi connectivity index (χ2n) is 4.34. The summed E-state index contributed by atoms with van der Waals surface area (Å²) < 4.78 is 1.07. The lowest BCUT2D eigenvalue weighted by Crippen LogP contribution is -2.34. The summed E-state index contributed by atoms with van der Waals surface area (Å²) in [5.41, 5.74) is 0.474. The molecule has 0 aromatic heterocycles. The Morgan fingerprint density at radius 3 is 2.48 bits per heavy atom. The molecule has 118 valence electrons. The van der Waals surface area contributed by atoms with Gasteiger partial charge in [0.15, 0.2) is 5.11 Å². The lowest BCUT2D eigenvalue weighted by Gasteiger charge is -2.09. The molecule has 0 aliphatic carbocycles. The number of hydrogen-bond donors (Lipinski definition) is 2. The Kier molecular flexibility index (Phi) is 5.85. The van der Waals surface area contributed by atoms with E-state index in [1.54, 1.807) is 0 Å². The molecule has 0 aliphatic heterocycles. The van der Waals surface area contributed by atoms with Crippen molar-refractivity contribution < 1.29 is 9.72 Å². The molecule has 0 saturated heterocycles. The Morgan fingerprint density at radius 2 is 1.87 bits per heavy atom. The summed E-state index contributed by atoms with van der Waals surface area (Å²) in [6.07, 6.45) is 0. The monoisotopic (exact) mass is 461 g/mol. The Labute approximate surface area is 155 Å². The van der Waals surface area contributed by atoms with Crippen LogP contribution in [0.25, 0.3) is 0 Å². The van der Waals surface area contributed by atoms with Crippen LogP contribution in [0.15, 0.2) is 42.5 Å². The van der Waals surface area contributed by atoms with E-state index in [2.05, 4.69) is 33.2 Å². The van der Waals surface area contributed by atoms with Crippen molar-refractivity contribution in [3.8, 4) is 0 Å². The lowest BCUT2D eigenvalue weighted by atomic mass is 10.2. The largest absolute Gasteiger partial charge is 0.332 e. The Bertz CT molecular complexity index is 783. The fourth-order valence-corrected chi connectivity index (χ4v) is 2.42. The molecule has 6 nitrogen and oxygen atoms in total. The molecule has 1 amide bonds. The molecule has 9 heteroatoms. The number of nitrogens with one attached hydrogen (secondary N) is 2. The molecule has 0 bridgehead atoms. The standard InChI is InChI=1S/C14H9ClIN3O3S/c15-11-6-1-8(7-12(11)19(21)22)13(20)18-14(23)17-10-4-2-9(16)3-5-10/h1-7H,(H2,17,18,20,23). The van der Waals surface area contributed by atoms with E-state index in [0.717, 1.165) is 15.3 Å². The number of hydrogen-bond acceptors (Lipinski definition) is 4. The molecule has 2 N–H and O–H groups in total. The van der Waals surface area contributed by atoms with Crippen molar-refractivity contribution >= 4 is 68.8 Å². The van der Waals surface area contributed by atoms with Crippen molar-refractivity contribution in [3.05, 3.63) is 66.7 Å². The van der Waals surface area contributed by atoms with Crippen LogP contribution in [-0.4, -0.2) is 15.9 Å². The molecule has 2 rings (SSSR count). The van der Waals surface area contributed by atoms with Gasteiger partial charge >= 0.3 is 0 Å². The van der Waals surface area contributed by atoms with Crippen molar-refractivity contribution in [2.24, 2.45) is 0 Å². The first-order valence-corrected chi connectivity index (χ1v) is 8.05. The Morgan fingerprint density at radius 1 is 1.22 bits per heavy atom. The fourth-order valence-electron chi connectivity index (χ4n) is 1.66. The Balaban J connectivity index is 2.06. The third kappa shape index (κ3) is 4.85. The molecular weight excluding hydrogens is 453 g/mol.